The van der Waals surface area contributed by atoms with E-state index in [0.717, 1.165) is 40.1 Å². The number of pyridine rings is 1. The average Bonchev–Trinajstić information content (AvgIpc) is 3.26. The predicted octanol–water partition coefficient (Wildman–Crippen LogP) is 4.08. The molecule has 2 aliphatic heterocycles. The van der Waals surface area contributed by atoms with Crippen molar-refractivity contribution in [2.75, 3.05) is 20.0 Å². The number of ether oxygens (including phenoxy) is 2. The van der Waals surface area contributed by atoms with Crippen LogP contribution in [0.2, 0.25) is 0 Å². The molecule has 0 aliphatic carbocycles. The summed E-state index contributed by atoms with van der Waals surface area (Å²) in [7, 11) is 3.37. The second-order valence-corrected chi connectivity index (χ2v) is 7.41. The van der Waals surface area contributed by atoms with Crippen molar-refractivity contribution < 1.29 is 9.47 Å². The molecule has 6 heteroatoms. The summed E-state index contributed by atoms with van der Waals surface area (Å²) in [5.74, 6) is 2.61. The fraction of sp³-hybridized carbons (Fsp3) is 0.400. The predicted molar refractivity (Wildman–Crippen MR) is 105 cm³/mol. The number of fused-ring (bicyclic) bond motifs is 1. The van der Waals surface area contributed by atoms with Crippen LogP contribution in [0.4, 0.5) is 0 Å². The molecule has 2 aromatic rings. The third kappa shape index (κ3) is 2.72. The summed E-state index contributed by atoms with van der Waals surface area (Å²) in [5.41, 5.74) is 2.09. The first-order chi connectivity index (χ1) is 12.8. The minimum atomic E-state index is -0.0472. The van der Waals surface area contributed by atoms with Crippen molar-refractivity contribution in [2.45, 2.75) is 31.5 Å². The Morgan fingerprint density at radius 3 is 2.73 bits per heavy atom. The zero-order valence-electron chi connectivity index (χ0n) is 15.3. The Balaban J connectivity index is 1.85. The maximum atomic E-state index is 5.75. The van der Waals surface area contributed by atoms with E-state index in [4.69, 9.17) is 14.5 Å². The number of aromatic nitrogens is 1. The molecule has 1 fully saturated rings. The molecule has 0 radical (unpaired) electrons. The van der Waals surface area contributed by atoms with Crippen LogP contribution < -0.4 is 9.47 Å². The van der Waals surface area contributed by atoms with Crippen LogP contribution in [0.3, 0.4) is 0 Å². The van der Waals surface area contributed by atoms with Gasteiger partial charge in [0.1, 0.15) is 6.04 Å². The van der Waals surface area contributed by atoms with Crippen molar-refractivity contribution >= 4 is 16.9 Å². The van der Waals surface area contributed by atoms with Crippen molar-refractivity contribution in [1.82, 2.24) is 9.88 Å². The van der Waals surface area contributed by atoms with E-state index in [1.807, 2.05) is 42.2 Å². The Kier molecular flexibility index (Phi) is 4.76. The normalized spacial score (nSPS) is 24.3. The van der Waals surface area contributed by atoms with Gasteiger partial charge >= 0.3 is 0 Å². The molecule has 5 nitrogen and oxygen atoms in total. The molecule has 26 heavy (non-hydrogen) atoms. The number of hydrogen-bond donors (Lipinski definition) is 0. The van der Waals surface area contributed by atoms with Crippen LogP contribution in [0.15, 0.2) is 47.6 Å². The number of thioether (sulfide) groups is 1. The average molecular weight is 369 g/mol. The second-order valence-electron chi connectivity index (χ2n) is 6.42. The third-order valence-electron chi connectivity index (χ3n) is 5.08. The molecule has 4 rings (SSSR count). The first-order valence-corrected chi connectivity index (χ1v) is 9.87. The van der Waals surface area contributed by atoms with Crippen molar-refractivity contribution in [2.24, 2.45) is 4.99 Å². The highest BCUT2D eigenvalue weighted by Gasteiger charge is 2.46. The highest BCUT2D eigenvalue weighted by molar-refractivity contribution is 8.14. The number of aliphatic imine (C=N–C) groups is 1. The van der Waals surface area contributed by atoms with Crippen LogP contribution in [0, 0.1) is 0 Å². The number of methoxy groups -OCH3 is 2. The number of hydrogen-bond acceptors (Lipinski definition) is 6. The molecule has 0 amide bonds. The molecule has 1 saturated heterocycles. The molecule has 1 aromatic heterocycles. The molecule has 0 N–H and O–H groups in total. The van der Waals surface area contributed by atoms with Crippen LogP contribution in [0.1, 0.15) is 36.7 Å². The number of rotatable bonds is 5. The molecule has 3 heterocycles. The fourth-order valence-electron chi connectivity index (χ4n) is 3.83. The minimum Gasteiger partial charge on any atom is -0.493 e. The van der Waals surface area contributed by atoms with Gasteiger partial charge in [-0.15, -0.1) is 0 Å². The molecular formula is C20H23N3O2S. The Labute approximate surface area is 158 Å². The van der Waals surface area contributed by atoms with Crippen LogP contribution in [-0.4, -0.2) is 41.1 Å². The lowest BCUT2D eigenvalue weighted by atomic mass is 9.94. The van der Waals surface area contributed by atoms with Gasteiger partial charge in [-0.3, -0.25) is 9.98 Å². The van der Waals surface area contributed by atoms with Crippen molar-refractivity contribution in [1.29, 1.82) is 0 Å². The van der Waals surface area contributed by atoms with Gasteiger partial charge in [0, 0.05) is 23.6 Å². The molecule has 0 unspecified atom stereocenters. The zero-order chi connectivity index (χ0) is 18.1. The topological polar surface area (TPSA) is 47.0 Å². The van der Waals surface area contributed by atoms with Crippen LogP contribution in [0.5, 0.6) is 11.5 Å². The van der Waals surface area contributed by atoms with E-state index in [1.54, 1.807) is 14.2 Å². The van der Waals surface area contributed by atoms with Gasteiger partial charge in [0.25, 0.3) is 0 Å². The first kappa shape index (κ1) is 17.2. The van der Waals surface area contributed by atoms with E-state index in [9.17, 15) is 0 Å². The summed E-state index contributed by atoms with van der Waals surface area (Å²) in [6, 6.07) is 12.6. The number of benzene rings is 1. The standard InChI is InChI=1S/C20H23N3O2S/c1-4-13-12-26-20-22-17(15-9-5-6-11-21-15)18(23(13)20)14-8-7-10-16(24-2)19(14)25-3/h5-11,13,17-18H,4,12H2,1-3H3/t13-,17-,18-/m1/s1. The maximum Gasteiger partial charge on any atom is 0.166 e. The molecular weight excluding hydrogens is 346 g/mol. The Morgan fingerprint density at radius 2 is 2.04 bits per heavy atom. The number of nitrogens with zero attached hydrogens (tertiary/aromatic N) is 3. The largest absolute Gasteiger partial charge is 0.493 e. The van der Waals surface area contributed by atoms with Gasteiger partial charge in [0.2, 0.25) is 0 Å². The maximum absolute atomic E-state index is 5.75. The Morgan fingerprint density at radius 1 is 1.15 bits per heavy atom. The van der Waals surface area contributed by atoms with Gasteiger partial charge < -0.3 is 14.4 Å². The molecule has 0 spiro atoms. The summed E-state index contributed by atoms with van der Waals surface area (Å²) in [6.45, 7) is 2.24. The van der Waals surface area contributed by atoms with Gasteiger partial charge in [-0.25, -0.2) is 0 Å². The van der Waals surface area contributed by atoms with E-state index in [0.29, 0.717) is 6.04 Å². The monoisotopic (exact) mass is 369 g/mol. The van der Waals surface area contributed by atoms with E-state index in [-0.39, 0.29) is 12.1 Å². The molecule has 3 atom stereocenters. The van der Waals surface area contributed by atoms with Crippen molar-refractivity contribution in [3.63, 3.8) is 0 Å². The highest BCUT2D eigenvalue weighted by Crippen LogP contribution is 2.51. The lowest BCUT2D eigenvalue weighted by molar-refractivity contribution is 0.246. The molecule has 0 bridgehead atoms. The highest BCUT2D eigenvalue weighted by atomic mass is 32.2. The van der Waals surface area contributed by atoms with Gasteiger partial charge in [-0.2, -0.15) is 0 Å². The summed E-state index contributed by atoms with van der Waals surface area (Å²) >= 11 is 1.84. The number of para-hydroxylation sites is 1. The molecule has 1 aromatic carbocycles. The second kappa shape index (κ2) is 7.19. The Hall–Kier alpha value is -2.21. The van der Waals surface area contributed by atoms with Gasteiger partial charge in [-0.1, -0.05) is 36.9 Å². The van der Waals surface area contributed by atoms with E-state index >= 15 is 0 Å². The summed E-state index contributed by atoms with van der Waals surface area (Å²) in [5, 5.41) is 1.11. The van der Waals surface area contributed by atoms with Gasteiger partial charge in [-0.05, 0) is 24.6 Å². The summed E-state index contributed by atoms with van der Waals surface area (Å²) in [6.07, 6.45) is 2.92. The van der Waals surface area contributed by atoms with Crippen molar-refractivity contribution in [3.05, 3.63) is 53.9 Å². The van der Waals surface area contributed by atoms with E-state index in [1.165, 1.54) is 0 Å². The van der Waals surface area contributed by atoms with Crippen molar-refractivity contribution in [3.8, 4) is 11.5 Å². The fourth-order valence-corrected chi connectivity index (χ4v) is 5.17. The SMILES string of the molecule is CC[C@@H]1CSC2=N[C@H](c3ccccn3)[C@@H](c3cccc(OC)c3OC)N21. The van der Waals surface area contributed by atoms with Crippen LogP contribution >= 0.6 is 11.8 Å². The minimum absolute atomic E-state index is 0.0472. The smallest absolute Gasteiger partial charge is 0.166 e. The molecule has 136 valence electrons. The number of amidine groups is 1. The van der Waals surface area contributed by atoms with Crippen LogP contribution in [-0.2, 0) is 0 Å². The summed E-state index contributed by atoms with van der Waals surface area (Å²) in [4.78, 5) is 12.1. The van der Waals surface area contributed by atoms with Gasteiger partial charge in [0.15, 0.2) is 16.7 Å². The van der Waals surface area contributed by atoms with Gasteiger partial charge in [0.05, 0.1) is 26.0 Å². The van der Waals surface area contributed by atoms with Crippen LogP contribution in [0.25, 0.3) is 0 Å². The summed E-state index contributed by atoms with van der Waals surface area (Å²) < 4.78 is 11.3. The molecule has 2 aliphatic rings. The first-order valence-electron chi connectivity index (χ1n) is 8.89. The van der Waals surface area contributed by atoms with E-state index in [2.05, 4.69) is 28.9 Å². The Bertz CT molecular complexity index is 812. The molecule has 0 saturated carbocycles. The lowest BCUT2D eigenvalue weighted by Crippen LogP contribution is -2.35. The van der Waals surface area contributed by atoms with E-state index < -0.39 is 0 Å². The lowest BCUT2D eigenvalue weighted by Gasteiger charge is -2.32. The third-order valence-corrected chi connectivity index (χ3v) is 6.21. The zero-order valence-corrected chi connectivity index (χ0v) is 16.1. The quantitative estimate of drug-likeness (QED) is 0.795.